The molecule has 0 aliphatic heterocycles. The van der Waals surface area contributed by atoms with Gasteiger partial charge in [0.05, 0.1) is 10.5 Å². The van der Waals surface area contributed by atoms with Crippen LogP contribution in [0.3, 0.4) is 0 Å². The second kappa shape index (κ2) is 5.24. The van der Waals surface area contributed by atoms with Crippen LogP contribution in [0.15, 0.2) is 18.2 Å². The lowest BCUT2D eigenvalue weighted by molar-refractivity contribution is -0.385. The predicted octanol–water partition coefficient (Wildman–Crippen LogP) is 3.82. The maximum atomic E-state index is 12.8. The van der Waals surface area contributed by atoms with Crippen molar-refractivity contribution in [3.63, 3.8) is 0 Å². The first-order valence-electron chi connectivity index (χ1n) is 5.38. The molecule has 0 aliphatic rings. The largest absolute Gasteiger partial charge is 0.418 e. The molecule has 0 bridgehead atoms. The average molecular weight is 262 g/mol. The number of nitrogens with one attached hydrogen (secondary N) is 1. The number of halogens is 3. The maximum absolute atomic E-state index is 12.8. The lowest BCUT2D eigenvalue weighted by Crippen LogP contribution is -2.18. The minimum absolute atomic E-state index is 0.137. The third kappa shape index (κ3) is 3.35. The zero-order chi connectivity index (χ0) is 13.9. The third-order valence-electron chi connectivity index (χ3n) is 2.53. The maximum Gasteiger partial charge on any atom is 0.418 e. The van der Waals surface area contributed by atoms with Gasteiger partial charge in [0, 0.05) is 23.9 Å². The standard InChI is InChI=1S/C11H13F3N2O2/c1-3-7(2)15-10-5-4-8(16(17)18)6-9(10)11(12,13)14/h4-7,15H,3H2,1-2H3. The Morgan fingerprint density at radius 1 is 1.44 bits per heavy atom. The van der Waals surface area contributed by atoms with Crippen molar-refractivity contribution in [1.29, 1.82) is 0 Å². The van der Waals surface area contributed by atoms with Gasteiger partial charge in [-0.2, -0.15) is 13.2 Å². The van der Waals surface area contributed by atoms with Crippen LogP contribution in [0.4, 0.5) is 24.5 Å². The number of alkyl halides is 3. The molecular weight excluding hydrogens is 249 g/mol. The highest BCUT2D eigenvalue weighted by atomic mass is 19.4. The van der Waals surface area contributed by atoms with Gasteiger partial charge in [-0.3, -0.25) is 10.1 Å². The smallest absolute Gasteiger partial charge is 0.382 e. The van der Waals surface area contributed by atoms with Gasteiger partial charge in [-0.25, -0.2) is 0 Å². The summed E-state index contributed by atoms with van der Waals surface area (Å²) in [5.41, 5.74) is -1.73. The van der Waals surface area contributed by atoms with Crippen molar-refractivity contribution in [3.8, 4) is 0 Å². The first kappa shape index (κ1) is 14.3. The molecule has 1 aromatic carbocycles. The topological polar surface area (TPSA) is 55.2 Å². The zero-order valence-corrected chi connectivity index (χ0v) is 9.91. The van der Waals surface area contributed by atoms with E-state index < -0.39 is 22.4 Å². The van der Waals surface area contributed by atoms with Gasteiger partial charge in [0.1, 0.15) is 0 Å². The Kier molecular flexibility index (Phi) is 4.15. The van der Waals surface area contributed by atoms with Gasteiger partial charge in [0.15, 0.2) is 0 Å². The second-order valence-electron chi connectivity index (χ2n) is 3.94. The number of anilines is 1. The second-order valence-corrected chi connectivity index (χ2v) is 3.94. The first-order chi connectivity index (χ1) is 8.25. The molecule has 1 rings (SSSR count). The SMILES string of the molecule is CCC(C)Nc1ccc([N+](=O)[O-])cc1C(F)(F)F. The van der Waals surface area contributed by atoms with E-state index in [9.17, 15) is 23.3 Å². The summed E-state index contributed by atoms with van der Waals surface area (Å²) in [4.78, 5) is 9.64. The number of hydrogen-bond donors (Lipinski definition) is 1. The van der Waals surface area contributed by atoms with E-state index in [1.165, 1.54) is 0 Å². The van der Waals surface area contributed by atoms with Gasteiger partial charge in [0.25, 0.3) is 5.69 Å². The minimum atomic E-state index is -4.62. The molecule has 0 saturated heterocycles. The summed E-state index contributed by atoms with van der Waals surface area (Å²) in [6.45, 7) is 3.57. The quantitative estimate of drug-likeness (QED) is 0.662. The number of benzene rings is 1. The summed E-state index contributed by atoms with van der Waals surface area (Å²) < 4.78 is 38.4. The molecule has 0 aliphatic carbocycles. The molecule has 1 unspecified atom stereocenters. The van der Waals surface area contributed by atoms with Crippen molar-refractivity contribution >= 4 is 11.4 Å². The number of hydrogen-bond acceptors (Lipinski definition) is 3. The van der Waals surface area contributed by atoms with E-state index in [1.54, 1.807) is 6.92 Å². The average Bonchev–Trinajstić information content (AvgIpc) is 2.27. The Balaban J connectivity index is 3.21. The van der Waals surface area contributed by atoms with E-state index >= 15 is 0 Å². The van der Waals surface area contributed by atoms with Crippen LogP contribution in [0.1, 0.15) is 25.8 Å². The molecule has 18 heavy (non-hydrogen) atoms. The van der Waals surface area contributed by atoms with Gasteiger partial charge in [-0.05, 0) is 19.4 Å². The first-order valence-corrected chi connectivity index (χ1v) is 5.38. The number of non-ortho nitro benzene ring substituents is 1. The van der Waals surface area contributed by atoms with Crippen molar-refractivity contribution in [3.05, 3.63) is 33.9 Å². The normalized spacial score (nSPS) is 13.2. The molecule has 1 N–H and O–H groups in total. The van der Waals surface area contributed by atoms with E-state index in [-0.39, 0.29) is 11.7 Å². The fourth-order valence-corrected chi connectivity index (χ4v) is 1.37. The van der Waals surface area contributed by atoms with Crippen molar-refractivity contribution in [2.45, 2.75) is 32.5 Å². The van der Waals surface area contributed by atoms with Crippen LogP contribution in [0.5, 0.6) is 0 Å². The fourth-order valence-electron chi connectivity index (χ4n) is 1.37. The summed E-state index contributed by atoms with van der Waals surface area (Å²) in [6, 6.07) is 2.55. The van der Waals surface area contributed by atoms with Crippen LogP contribution in [-0.4, -0.2) is 11.0 Å². The summed E-state index contributed by atoms with van der Waals surface area (Å²) in [6.07, 6.45) is -3.98. The monoisotopic (exact) mass is 262 g/mol. The minimum Gasteiger partial charge on any atom is -0.382 e. The van der Waals surface area contributed by atoms with Crippen LogP contribution < -0.4 is 5.32 Å². The Hall–Kier alpha value is -1.79. The molecule has 0 radical (unpaired) electrons. The Labute approximate surface area is 102 Å². The van der Waals surface area contributed by atoms with E-state index in [1.807, 2.05) is 6.92 Å². The molecule has 0 heterocycles. The number of nitro benzene ring substituents is 1. The molecule has 0 amide bonds. The van der Waals surface area contributed by atoms with Crippen molar-refractivity contribution in [1.82, 2.24) is 0 Å². The highest BCUT2D eigenvalue weighted by Crippen LogP contribution is 2.37. The molecule has 0 saturated carbocycles. The van der Waals surface area contributed by atoms with Gasteiger partial charge in [-0.1, -0.05) is 6.92 Å². The number of rotatable bonds is 4. The molecule has 0 aromatic heterocycles. The molecule has 0 fully saturated rings. The van der Waals surface area contributed by atoms with Crippen LogP contribution >= 0.6 is 0 Å². The molecule has 100 valence electrons. The van der Waals surface area contributed by atoms with Gasteiger partial charge >= 0.3 is 6.18 Å². The predicted molar refractivity (Wildman–Crippen MR) is 61.5 cm³/mol. The highest BCUT2D eigenvalue weighted by molar-refractivity contribution is 5.57. The molecular formula is C11H13F3N2O2. The van der Waals surface area contributed by atoms with Crippen molar-refractivity contribution < 1.29 is 18.1 Å². The van der Waals surface area contributed by atoms with Gasteiger partial charge < -0.3 is 5.32 Å². The Morgan fingerprint density at radius 3 is 2.50 bits per heavy atom. The third-order valence-corrected chi connectivity index (χ3v) is 2.53. The molecule has 4 nitrogen and oxygen atoms in total. The fraction of sp³-hybridized carbons (Fsp3) is 0.455. The summed E-state index contributed by atoms with van der Waals surface area (Å²) in [5.74, 6) is 0. The van der Waals surface area contributed by atoms with Crippen LogP contribution in [0.25, 0.3) is 0 Å². The molecule has 1 aromatic rings. The number of nitrogens with zero attached hydrogens (tertiary/aromatic N) is 1. The van der Waals surface area contributed by atoms with E-state index in [4.69, 9.17) is 0 Å². The molecule has 0 spiro atoms. The van der Waals surface area contributed by atoms with Crippen molar-refractivity contribution in [2.75, 3.05) is 5.32 Å². The van der Waals surface area contributed by atoms with Crippen LogP contribution in [-0.2, 0) is 6.18 Å². The van der Waals surface area contributed by atoms with E-state index in [2.05, 4.69) is 5.32 Å². The van der Waals surface area contributed by atoms with Gasteiger partial charge in [-0.15, -0.1) is 0 Å². The highest BCUT2D eigenvalue weighted by Gasteiger charge is 2.35. The lowest BCUT2D eigenvalue weighted by Gasteiger charge is -2.18. The van der Waals surface area contributed by atoms with E-state index in [0.29, 0.717) is 12.5 Å². The summed E-state index contributed by atoms with van der Waals surface area (Å²) >= 11 is 0. The van der Waals surface area contributed by atoms with Gasteiger partial charge in [0.2, 0.25) is 0 Å². The lowest BCUT2D eigenvalue weighted by atomic mass is 10.1. The Bertz CT molecular complexity index is 446. The summed E-state index contributed by atoms with van der Waals surface area (Å²) in [7, 11) is 0. The number of nitro groups is 1. The van der Waals surface area contributed by atoms with E-state index in [0.717, 1.165) is 12.1 Å². The van der Waals surface area contributed by atoms with Crippen LogP contribution in [0.2, 0.25) is 0 Å². The Morgan fingerprint density at radius 2 is 2.06 bits per heavy atom. The van der Waals surface area contributed by atoms with Crippen molar-refractivity contribution in [2.24, 2.45) is 0 Å². The zero-order valence-electron chi connectivity index (χ0n) is 9.91. The van der Waals surface area contributed by atoms with Crippen LogP contribution in [0, 0.1) is 10.1 Å². The summed E-state index contributed by atoms with van der Waals surface area (Å²) in [5, 5.41) is 13.2. The molecule has 1 atom stereocenters. The molecule has 7 heteroatoms.